The van der Waals surface area contributed by atoms with E-state index in [1.807, 2.05) is 54.1 Å². The van der Waals surface area contributed by atoms with Crippen LogP contribution in [0.5, 0.6) is 5.88 Å². The third-order valence-corrected chi connectivity index (χ3v) is 5.32. The van der Waals surface area contributed by atoms with Gasteiger partial charge < -0.3 is 5.11 Å². The monoisotopic (exact) mass is 365 g/mol. The molecule has 2 heterocycles. The largest absolute Gasteiger partial charge is 0.490 e. The number of hydrogen-bond acceptors (Lipinski definition) is 2. The number of rotatable bonds is 7. The van der Waals surface area contributed by atoms with Gasteiger partial charge in [-0.1, -0.05) is 45.2 Å². The number of aryl methyl sites for hydroxylation is 1. The number of hydrogen-bond donors (Lipinski definition) is 1. The number of benzene rings is 1. The first-order valence-corrected chi connectivity index (χ1v) is 9.93. The highest BCUT2D eigenvalue weighted by Gasteiger charge is 2.26. The SMILES string of the molecule is CCCCCC(CC)n1c(O)c(-[n+]2cccc3ccccc32)c(C)cc1=O. The highest BCUT2D eigenvalue weighted by molar-refractivity contribution is 5.75. The van der Waals surface area contributed by atoms with Crippen molar-refractivity contribution in [2.24, 2.45) is 0 Å². The summed E-state index contributed by atoms with van der Waals surface area (Å²) in [6.07, 6.45) is 7.01. The topological polar surface area (TPSA) is 46.1 Å². The van der Waals surface area contributed by atoms with Crippen LogP contribution in [0.3, 0.4) is 0 Å². The second-order valence-electron chi connectivity index (χ2n) is 7.20. The lowest BCUT2D eigenvalue weighted by molar-refractivity contribution is -0.568. The molecule has 4 heteroatoms. The Bertz CT molecular complexity index is 986. The highest BCUT2D eigenvalue weighted by Crippen LogP contribution is 2.28. The third-order valence-electron chi connectivity index (χ3n) is 5.32. The van der Waals surface area contributed by atoms with Crippen LogP contribution in [0.2, 0.25) is 0 Å². The predicted molar refractivity (Wildman–Crippen MR) is 110 cm³/mol. The van der Waals surface area contributed by atoms with E-state index in [4.69, 9.17) is 0 Å². The highest BCUT2D eigenvalue weighted by atomic mass is 16.3. The summed E-state index contributed by atoms with van der Waals surface area (Å²) in [5, 5.41) is 12.3. The maximum atomic E-state index is 12.7. The van der Waals surface area contributed by atoms with Gasteiger partial charge in [-0.25, -0.2) is 0 Å². The molecule has 0 aliphatic heterocycles. The van der Waals surface area contributed by atoms with Gasteiger partial charge in [-0.05, 0) is 31.9 Å². The summed E-state index contributed by atoms with van der Waals surface area (Å²) >= 11 is 0. The van der Waals surface area contributed by atoms with Crippen LogP contribution in [-0.2, 0) is 0 Å². The Labute approximate surface area is 160 Å². The number of fused-ring (bicyclic) bond motifs is 1. The van der Waals surface area contributed by atoms with Crippen molar-refractivity contribution in [1.29, 1.82) is 0 Å². The summed E-state index contributed by atoms with van der Waals surface area (Å²) in [6.45, 7) is 6.13. The van der Waals surface area contributed by atoms with E-state index in [9.17, 15) is 9.90 Å². The Kier molecular flexibility index (Phi) is 5.94. The smallest absolute Gasteiger partial charge is 0.275 e. The van der Waals surface area contributed by atoms with Gasteiger partial charge in [0, 0.05) is 35.2 Å². The molecule has 1 aromatic carbocycles. The molecule has 0 fully saturated rings. The van der Waals surface area contributed by atoms with E-state index >= 15 is 0 Å². The molecule has 0 bridgehead atoms. The summed E-state index contributed by atoms with van der Waals surface area (Å²) in [5.41, 5.74) is 2.33. The van der Waals surface area contributed by atoms with Crippen molar-refractivity contribution in [3.05, 3.63) is 64.6 Å². The molecule has 0 saturated heterocycles. The minimum absolute atomic E-state index is 0.0129. The van der Waals surface area contributed by atoms with Crippen LogP contribution in [-0.4, -0.2) is 9.67 Å². The maximum absolute atomic E-state index is 12.7. The Morgan fingerprint density at radius 3 is 2.59 bits per heavy atom. The minimum Gasteiger partial charge on any atom is -0.490 e. The van der Waals surface area contributed by atoms with E-state index in [0.717, 1.165) is 48.6 Å². The number of nitrogens with zero attached hydrogens (tertiary/aromatic N) is 2. The molecule has 3 rings (SSSR count). The number of para-hydroxylation sites is 1. The van der Waals surface area contributed by atoms with Crippen molar-refractivity contribution >= 4 is 10.9 Å². The molecule has 0 amide bonds. The van der Waals surface area contributed by atoms with Crippen molar-refractivity contribution in [3.8, 4) is 11.6 Å². The lowest BCUT2D eigenvalue weighted by atomic mass is 10.0. The molecule has 1 unspecified atom stereocenters. The van der Waals surface area contributed by atoms with Crippen molar-refractivity contribution in [2.45, 2.75) is 58.9 Å². The second-order valence-corrected chi connectivity index (χ2v) is 7.20. The Hall–Kier alpha value is -2.62. The first kappa shape index (κ1) is 19.2. The summed E-state index contributed by atoms with van der Waals surface area (Å²) in [4.78, 5) is 12.7. The Morgan fingerprint density at radius 1 is 1.11 bits per heavy atom. The molecule has 0 aliphatic rings. The zero-order valence-corrected chi connectivity index (χ0v) is 16.5. The lowest BCUT2D eigenvalue weighted by Gasteiger charge is -2.20. The molecule has 3 aromatic rings. The molecule has 0 radical (unpaired) electrons. The second kappa shape index (κ2) is 8.38. The van der Waals surface area contributed by atoms with Gasteiger partial charge in [-0.3, -0.25) is 9.36 Å². The lowest BCUT2D eigenvalue weighted by Crippen LogP contribution is -2.36. The van der Waals surface area contributed by atoms with Crippen molar-refractivity contribution < 1.29 is 9.67 Å². The van der Waals surface area contributed by atoms with Crippen LogP contribution in [0.4, 0.5) is 0 Å². The third kappa shape index (κ3) is 3.75. The van der Waals surface area contributed by atoms with Gasteiger partial charge in [-0.15, -0.1) is 0 Å². The quantitative estimate of drug-likeness (QED) is 0.482. The molecular weight excluding hydrogens is 336 g/mol. The zero-order valence-electron chi connectivity index (χ0n) is 16.5. The van der Waals surface area contributed by atoms with Gasteiger partial charge >= 0.3 is 0 Å². The minimum atomic E-state index is -0.127. The maximum Gasteiger partial charge on any atom is 0.275 e. The Morgan fingerprint density at radius 2 is 1.85 bits per heavy atom. The molecule has 1 atom stereocenters. The molecule has 27 heavy (non-hydrogen) atoms. The van der Waals surface area contributed by atoms with Gasteiger partial charge in [0.15, 0.2) is 6.20 Å². The fourth-order valence-corrected chi connectivity index (χ4v) is 3.87. The zero-order chi connectivity index (χ0) is 19.4. The van der Waals surface area contributed by atoms with Crippen LogP contribution < -0.4 is 10.1 Å². The van der Waals surface area contributed by atoms with Gasteiger partial charge in [0.2, 0.25) is 5.52 Å². The van der Waals surface area contributed by atoms with Gasteiger partial charge in [0.1, 0.15) is 0 Å². The van der Waals surface area contributed by atoms with Crippen LogP contribution in [0.25, 0.3) is 16.6 Å². The summed E-state index contributed by atoms with van der Waals surface area (Å²) in [5.74, 6) is 0.0599. The van der Waals surface area contributed by atoms with Crippen molar-refractivity contribution in [3.63, 3.8) is 0 Å². The molecule has 0 aliphatic carbocycles. The van der Waals surface area contributed by atoms with Gasteiger partial charge in [0.05, 0.1) is 0 Å². The molecule has 0 spiro atoms. The van der Waals surface area contributed by atoms with E-state index < -0.39 is 0 Å². The summed E-state index contributed by atoms with van der Waals surface area (Å²) < 4.78 is 3.57. The van der Waals surface area contributed by atoms with Crippen LogP contribution >= 0.6 is 0 Å². The van der Waals surface area contributed by atoms with Gasteiger partial charge in [-0.2, -0.15) is 4.57 Å². The fraction of sp³-hybridized carbons (Fsp3) is 0.391. The molecule has 142 valence electrons. The standard InChI is InChI=1S/C23H28N2O2/c1-4-6-7-13-19(5-2)25-21(26)16-17(3)22(23(25)27)24-15-10-12-18-11-8-9-14-20(18)24/h8-12,14-16,19H,4-7,13H2,1-3H3/p+1. The number of unbranched alkanes of at least 4 members (excludes halogenated alkanes) is 2. The Balaban J connectivity index is 2.18. The average molecular weight is 365 g/mol. The molecule has 2 aromatic heterocycles. The van der Waals surface area contributed by atoms with Crippen molar-refractivity contribution in [1.82, 2.24) is 4.57 Å². The van der Waals surface area contributed by atoms with E-state index in [0.29, 0.717) is 5.69 Å². The van der Waals surface area contributed by atoms with Crippen molar-refractivity contribution in [2.75, 3.05) is 0 Å². The van der Waals surface area contributed by atoms with E-state index in [1.54, 1.807) is 10.6 Å². The fourth-order valence-electron chi connectivity index (χ4n) is 3.87. The molecule has 1 N–H and O–H groups in total. The molecular formula is C23H29N2O2+. The number of aromatic hydroxyl groups is 1. The van der Waals surface area contributed by atoms with Crippen LogP contribution in [0, 0.1) is 6.92 Å². The molecule has 0 saturated carbocycles. The number of pyridine rings is 2. The van der Waals surface area contributed by atoms with E-state index in [-0.39, 0.29) is 17.5 Å². The summed E-state index contributed by atoms with van der Waals surface area (Å²) in [7, 11) is 0. The first-order chi connectivity index (χ1) is 13.1. The normalized spacial score (nSPS) is 12.4. The summed E-state index contributed by atoms with van der Waals surface area (Å²) in [6, 6.07) is 13.7. The van der Waals surface area contributed by atoms with Crippen LogP contribution in [0.1, 0.15) is 57.6 Å². The average Bonchev–Trinajstić information content (AvgIpc) is 2.66. The van der Waals surface area contributed by atoms with E-state index in [2.05, 4.69) is 13.8 Å². The van der Waals surface area contributed by atoms with E-state index in [1.165, 1.54) is 0 Å². The van der Waals surface area contributed by atoms with Gasteiger partial charge in [0.25, 0.3) is 17.1 Å². The number of aromatic nitrogens is 2. The predicted octanol–water partition coefficient (Wildman–Crippen LogP) is 4.82. The van der Waals surface area contributed by atoms with Crippen LogP contribution in [0.15, 0.2) is 53.5 Å². The molecule has 4 nitrogen and oxygen atoms in total. The first-order valence-electron chi connectivity index (χ1n) is 9.93.